The number of aromatic nitrogens is 2. The normalized spacial score (nSPS) is 9.00. The van der Waals surface area contributed by atoms with Gasteiger partial charge in [-0.2, -0.15) is 0 Å². The number of hydrogen-bond donors (Lipinski definition) is 2. The first kappa shape index (κ1) is 11.0. The summed E-state index contributed by atoms with van der Waals surface area (Å²) in [7, 11) is 0. The molecule has 0 aliphatic carbocycles. The zero-order chi connectivity index (χ0) is 8.10. The average Bonchev–Trinajstić information content (AvgIpc) is 2.39. The van der Waals surface area contributed by atoms with Crippen LogP contribution in [0.4, 0.5) is 0 Å². The second-order valence-electron chi connectivity index (χ2n) is 2.31. The predicted octanol–water partition coefficient (Wildman–Crippen LogP) is 1.24. The highest BCUT2D eigenvalue weighted by molar-refractivity contribution is 5.85. The van der Waals surface area contributed by atoms with E-state index in [2.05, 4.69) is 9.97 Å². The first-order valence-corrected chi connectivity index (χ1v) is 3.48. The molecule has 1 aromatic rings. The third kappa shape index (κ3) is 3.98. The fraction of sp³-hybridized carbons (Fsp3) is 0.429. The average molecular weight is 191 g/mol. The molecule has 1 rings (SSSR count). The molecule has 0 radical (unpaired) electrons. The molecule has 0 aliphatic heterocycles. The Morgan fingerprint density at radius 2 is 2.42 bits per heavy atom. The standard InChI is InChI=1S/C7H10N2O2.ClH/c10-7(11)3-1-2-6-4-8-5-9-6;/h4-5H,1-3H2,(H,8,9)(H,10,11);1H. The molecule has 0 bridgehead atoms. The highest BCUT2D eigenvalue weighted by atomic mass is 35.5. The molecule has 0 aliphatic rings. The Balaban J connectivity index is 0.00000121. The number of aliphatic carboxylic acids is 1. The van der Waals surface area contributed by atoms with Gasteiger partial charge in [0.25, 0.3) is 0 Å². The van der Waals surface area contributed by atoms with Crippen LogP contribution >= 0.6 is 12.4 Å². The van der Waals surface area contributed by atoms with Crippen LogP contribution in [0.15, 0.2) is 12.5 Å². The molecular formula is C7H11ClN2O2. The van der Waals surface area contributed by atoms with Crippen LogP contribution in [0.5, 0.6) is 0 Å². The molecule has 0 saturated carbocycles. The first-order valence-electron chi connectivity index (χ1n) is 3.48. The van der Waals surface area contributed by atoms with E-state index >= 15 is 0 Å². The second kappa shape index (κ2) is 5.60. The molecule has 0 aromatic carbocycles. The number of carboxylic acids is 1. The molecular weight excluding hydrogens is 180 g/mol. The van der Waals surface area contributed by atoms with Crippen LogP contribution < -0.4 is 0 Å². The van der Waals surface area contributed by atoms with E-state index in [-0.39, 0.29) is 18.8 Å². The van der Waals surface area contributed by atoms with Gasteiger partial charge in [0.05, 0.1) is 12.0 Å². The molecule has 0 spiro atoms. The molecule has 4 nitrogen and oxygen atoms in total. The van der Waals surface area contributed by atoms with Gasteiger partial charge in [0, 0.05) is 12.6 Å². The predicted molar refractivity (Wildman–Crippen MR) is 46.4 cm³/mol. The molecule has 68 valence electrons. The van der Waals surface area contributed by atoms with Crippen LogP contribution in [0.25, 0.3) is 0 Å². The number of rotatable bonds is 4. The lowest BCUT2D eigenvalue weighted by molar-refractivity contribution is -0.137. The minimum absolute atomic E-state index is 0. The Hall–Kier alpha value is -1.03. The van der Waals surface area contributed by atoms with Crippen molar-refractivity contribution in [1.29, 1.82) is 0 Å². The van der Waals surface area contributed by atoms with Crippen molar-refractivity contribution in [3.63, 3.8) is 0 Å². The number of nitrogens with zero attached hydrogens (tertiary/aromatic N) is 1. The Bertz CT molecular complexity index is 223. The summed E-state index contributed by atoms with van der Waals surface area (Å²) in [5, 5.41) is 8.31. The third-order valence-electron chi connectivity index (χ3n) is 1.38. The molecule has 0 amide bonds. The van der Waals surface area contributed by atoms with Gasteiger partial charge in [0.15, 0.2) is 0 Å². The van der Waals surface area contributed by atoms with Gasteiger partial charge < -0.3 is 10.1 Å². The fourth-order valence-electron chi connectivity index (χ4n) is 0.848. The molecule has 1 aromatic heterocycles. The molecule has 12 heavy (non-hydrogen) atoms. The van der Waals surface area contributed by atoms with Crippen molar-refractivity contribution >= 4 is 18.4 Å². The quantitative estimate of drug-likeness (QED) is 0.751. The van der Waals surface area contributed by atoms with Crippen LogP contribution in [0.1, 0.15) is 18.5 Å². The van der Waals surface area contributed by atoms with Gasteiger partial charge in [-0.3, -0.25) is 4.79 Å². The van der Waals surface area contributed by atoms with E-state index < -0.39 is 5.97 Å². The fourth-order valence-corrected chi connectivity index (χ4v) is 0.848. The monoisotopic (exact) mass is 190 g/mol. The number of aromatic amines is 1. The van der Waals surface area contributed by atoms with Crippen molar-refractivity contribution in [2.45, 2.75) is 19.3 Å². The molecule has 2 N–H and O–H groups in total. The molecule has 0 atom stereocenters. The van der Waals surface area contributed by atoms with E-state index in [4.69, 9.17) is 5.11 Å². The zero-order valence-corrected chi connectivity index (χ0v) is 7.30. The highest BCUT2D eigenvalue weighted by Crippen LogP contribution is 1.99. The van der Waals surface area contributed by atoms with Crippen molar-refractivity contribution in [3.05, 3.63) is 18.2 Å². The topological polar surface area (TPSA) is 66.0 Å². The number of imidazole rings is 1. The second-order valence-corrected chi connectivity index (χ2v) is 2.31. The van der Waals surface area contributed by atoms with Gasteiger partial charge in [-0.15, -0.1) is 12.4 Å². The van der Waals surface area contributed by atoms with Crippen molar-refractivity contribution in [2.24, 2.45) is 0 Å². The van der Waals surface area contributed by atoms with Crippen molar-refractivity contribution in [3.8, 4) is 0 Å². The van der Waals surface area contributed by atoms with Crippen molar-refractivity contribution in [1.82, 2.24) is 9.97 Å². The number of halogens is 1. The maximum atomic E-state index is 10.1. The number of carbonyl (C=O) groups is 1. The number of carboxylic acid groups (broad SMARTS) is 1. The number of H-pyrrole nitrogens is 1. The minimum atomic E-state index is -0.750. The van der Waals surface area contributed by atoms with Crippen LogP contribution in [0.2, 0.25) is 0 Å². The van der Waals surface area contributed by atoms with E-state index in [0.29, 0.717) is 6.42 Å². The Morgan fingerprint density at radius 1 is 1.67 bits per heavy atom. The van der Waals surface area contributed by atoms with Crippen molar-refractivity contribution < 1.29 is 9.90 Å². The van der Waals surface area contributed by atoms with Crippen LogP contribution in [-0.4, -0.2) is 21.0 Å². The summed E-state index contributed by atoms with van der Waals surface area (Å²) in [6, 6.07) is 0. The maximum absolute atomic E-state index is 10.1. The largest absolute Gasteiger partial charge is 0.481 e. The van der Waals surface area contributed by atoms with E-state index in [9.17, 15) is 4.79 Å². The van der Waals surface area contributed by atoms with Gasteiger partial charge >= 0.3 is 5.97 Å². The Morgan fingerprint density at radius 3 is 2.92 bits per heavy atom. The first-order chi connectivity index (χ1) is 5.29. The molecule has 1 heterocycles. The minimum Gasteiger partial charge on any atom is -0.481 e. The van der Waals surface area contributed by atoms with Crippen LogP contribution in [-0.2, 0) is 11.2 Å². The summed E-state index contributed by atoms with van der Waals surface area (Å²) in [6.45, 7) is 0. The summed E-state index contributed by atoms with van der Waals surface area (Å²) in [5.74, 6) is -0.750. The lowest BCUT2D eigenvalue weighted by atomic mass is 10.2. The van der Waals surface area contributed by atoms with E-state index in [1.807, 2.05) is 0 Å². The summed E-state index contributed by atoms with van der Waals surface area (Å²) in [5.41, 5.74) is 0.922. The lowest BCUT2D eigenvalue weighted by Gasteiger charge is -1.91. The van der Waals surface area contributed by atoms with Gasteiger partial charge in [0.2, 0.25) is 0 Å². The number of hydrogen-bond acceptors (Lipinski definition) is 2. The Labute approximate surface area is 76.4 Å². The van der Waals surface area contributed by atoms with Gasteiger partial charge in [-0.05, 0) is 12.8 Å². The highest BCUT2D eigenvalue weighted by Gasteiger charge is 1.98. The Kier molecular flexibility index (Phi) is 5.12. The van der Waals surface area contributed by atoms with E-state index in [1.54, 1.807) is 12.5 Å². The molecule has 0 saturated heterocycles. The SMILES string of the molecule is Cl.O=C(O)CCCc1c[nH]cn1. The smallest absolute Gasteiger partial charge is 0.303 e. The van der Waals surface area contributed by atoms with Crippen molar-refractivity contribution in [2.75, 3.05) is 0 Å². The third-order valence-corrected chi connectivity index (χ3v) is 1.38. The van der Waals surface area contributed by atoms with E-state index in [1.165, 1.54) is 0 Å². The van der Waals surface area contributed by atoms with Gasteiger partial charge in [0.1, 0.15) is 0 Å². The zero-order valence-electron chi connectivity index (χ0n) is 6.49. The maximum Gasteiger partial charge on any atom is 0.303 e. The summed E-state index contributed by atoms with van der Waals surface area (Å²) < 4.78 is 0. The molecule has 0 fully saturated rings. The summed E-state index contributed by atoms with van der Waals surface area (Å²) in [6.07, 6.45) is 4.97. The van der Waals surface area contributed by atoms with Gasteiger partial charge in [-0.25, -0.2) is 4.98 Å². The molecule has 0 unspecified atom stereocenters. The number of aryl methyl sites for hydroxylation is 1. The summed E-state index contributed by atoms with van der Waals surface area (Å²) in [4.78, 5) is 16.9. The number of nitrogens with one attached hydrogen (secondary N) is 1. The van der Waals surface area contributed by atoms with Crippen LogP contribution in [0.3, 0.4) is 0 Å². The lowest BCUT2D eigenvalue weighted by Crippen LogP contribution is -1.95. The summed E-state index contributed by atoms with van der Waals surface area (Å²) >= 11 is 0. The van der Waals surface area contributed by atoms with Gasteiger partial charge in [-0.1, -0.05) is 0 Å². The van der Waals surface area contributed by atoms with Crippen LogP contribution in [0, 0.1) is 0 Å². The van der Waals surface area contributed by atoms with E-state index in [0.717, 1.165) is 12.1 Å². The molecule has 5 heteroatoms.